The van der Waals surface area contributed by atoms with E-state index in [1.54, 1.807) is 18.3 Å². The highest BCUT2D eigenvalue weighted by molar-refractivity contribution is 6.40. The third-order valence-electron chi connectivity index (χ3n) is 6.54. The van der Waals surface area contributed by atoms with E-state index in [0.29, 0.717) is 17.8 Å². The summed E-state index contributed by atoms with van der Waals surface area (Å²) in [5, 5.41) is 20.5. The summed E-state index contributed by atoms with van der Waals surface area (Å²) >= 11 is 13.0. The molecular formula is C28H26Cl2N6O2. The number of benzene rings is 3. The number of aromatic amines is 1. The number of amides is 1. The lowest BCUT2D eigenvalue weighted by Crippen LogP contribution is -2.30. The largest absolute Gasteiger partial charge is 0.396 e. The Balaban J connectivity index is 1.41. The molecular weight excluding hydrogens is 523 g/mol. The number of nitrogens with zero attached hydrogens (tertiary/aromatic N) is 4. The quantitative estimate of drug-likeness (QED) is 0.248. The highest BCUT2D eigenvalue weighted by Crippen LogP contribution is 2.30. The fourth-order valence-corrected chi connectivity index (χ4v) is 5.01. The van der Waals surface area contributed by atoms with Gasteiger partial charge in [0.25, 0.3) is 5.91 Å². The number of carbonyl (C=O) groups excluding carboxylic acids is 1. The first kappa shape index (κ1) is 25.9. The van der Waals surface area contributed by atoms with E-state index in [1.165, 1.54) is 15.8 Å². The lowest BCUT2D eigenvalue weighted by atomic mass is 9.98. The molecule has 0 bridgehead atoms. The van der Waals surface area contributed by atoms with Crippen molar-refractivity contribution in [3.63, 3.8) is 0 Å². The van der Waals surface area contributed by atoms with Crippen molar-refractivity contribution in [2.24, 2.45) is 0 Å². The molecule has 0 spiro atoms. The van der Waals surface area contributed by atoms with Crippen LogP contribution in [0.2, 0.25) is 10.0 Å². The predicted octanol–water partition coefficient (Wildman–Crippen LogP) is 5.16. The lowest BCUT2D eigenvalue weighted by Gasteiger charge is -2.17. The Morgan fingerprint density at radius 2 is 1.79 bits per heavy atom. The zero-order chi connectivity index (χ0) is 26.8. The van der Waals surface area contributed by atoms with Gasteiger partial charge in [0.05, 0.1) is 50.1 Å². The molecule has 0 radical (unpaired) electrons. The molecule has 5 aromatic rings. The number of hydrogen-bond donors (Lipinski definition) is 3. The number of aliphatic hydroxyl groups is 1. The number of H-pyrrole nitrogens is 1. The van der Waals surface area contributed by atoms with Gasteiger partial charge in [0.1, 0.15) is 5.82 Å². The minimum absolute atomic E-state index is 0.0311. The summed E-state index contributed by atoms with van der Waals surface area (Å²) in [4.78, 5) is 21.6. The second-order valence-electron chi connectivity index (χ2n) is 9.16. The van der Waals surface area contributed by atoms with Crippen LogP contribution in [0.15, 0.2) is 60.8 Å². The molecule has 0 aliphatic carbocycles. The molecule has 0 aliphatic heterocycles. The molecule has 0 fully saturated rings. The van der Waals surface area contributed by atoms with Gasteiger partial charge in [0, 0.05) is 19.6 Å². The van der Waals surface area contributed by atoms with Crippen LogP contribution in [-0.4, -0.2) is 49.1 Å². The van der Waals surface area contributed by atoms with Crippen molar-refractivity contribution in [3.05, 3.63) is 105 Å². The van der Waals surface area contributed by atoms with E-state index in [9.17, 15) is 4.79 Å². The van der Waals surface area contributed by atoms with Crippen molar-refractivity contribution in [2.75, 3.05) is 13.2 Å². The van der Waals surface area contributed by atoms with Gasteiger partial charge in [0.15, 0.2) is 0 Å². The van der Waals surface area contributed by atoms with Crippen LogP contribution in [0.5, 0.6) is 0 Å². The van der Waals surface area contributed by atoms with E-state index in [-0.39, 0.29) is 34.7 Å². The van der Waals surface area contributed by atoms with Gasteiger partial charge in [-0.25, -0.2) is 9.67 Å². The normalized spacial score (nSPS) is 12.1. The number of fused-ring (bicyclic) bond motifs is 1. The Kier molecular flexibility index (Phi) is 7.46. The third kappa shape index (κ3) is 5.29. The number of halogens is 2. The van der Waals surface area contributed by atoms with Crippen LogP contribution in [-0.2, 0) is 6.42 Å². The van der Waals surface area contributed by atoms with Gasteiger partial charge in [-0.3, -0.25) is 4.79 Å². The molecule has 0 saturated carbocycles. The molecule has 10 heteroatoms. The first-order valence-corrected chi connectivity index (χ1v) is 12.9. The van der Waals surface area contributed by atoms with Gasteiger partial charge in [-0.1, -0.05) is 58.7 Å². The topological polar surface area (TPSA) is 109 Å². The highest BCUT2D eigenvalue weighted by Gasteiger charge is 2.22. The molecule has 194 valence electrons. The molecule has 3 aromatic carbocycles. The highest BCUT2D eigenvalue weighted by atomic mass is 35.5. The smallest absolute Gasteiger partial charge is 0.254 e. The summed E-state index contributed by atoms with van der Waals surface area (Å²) in [5.74, 6) is 0.147. The number of hydrogen-bond acceptors (Lipinski definition) is 5. The molecule has 0 saturated heterocycles. The Morgan fingerprint density at radius 1 is 1.08 bits per heavy atom. The Hall–Kier alpha value is -3.72. The molecule has 1 unspecified atom stereocenters. The molecule has 5 rings (SSSR count). The first-order valence-electron chi connectivity index (χ1n) is 12.2. The number of rotatable bonds is 8. The number of carbonyl (C=O) groups is 1. The van der Waals surface area contributed by atoms with Crippen LogP contribution in [0.25, 0.3) is 16.7 Å². The Morgan fingerprint density at radius 3 is 2.50 bits per heavy atom. The number of imidazole rings is 1. The molecule has 1 atom stereocenters. The second-order valence-corrected chi connectivity index (χ2v) is 9.98. The van der Waals surface area contributed by atoms with Crippen molar-refractivity contribution < 1.29 is 9.90 Å². The van der Waals surface area contributed by atoms with Gasteiger partial charge >= 0.3 is 0 Å². The summed E-state index contributed by atoms with van der Waals surface area (Å²) in [6.45, 7) is 4.38. The van der Waals surface area contributed by atoms with Crippen molar-refractivity contribution in [1.82, 2.24) is 30.3 Å². The minimum Gasteiger partial charge on any atom is -0.396 e. The summed E-state index contributed by atoms with van der Waals surface area (Å²) in [6, 6.07) is 17.3. The van der Waals surface area contributed by atoms with Crippen LogP contribution < -0.4 is 5.32 Å². The number of aliphatic hydroxyl groups excluding tert-OH is 1. The zero-order valence-corrected chi connectivity index (χ0v) is 22.4. The summed E-state index contributed by atoms with van der Waals surface area (Å²) < 4.78 is 1.50. The van der Waals surface area contributed by atoms with Crippen LogP contribution in [0.1, 0.15) is 44.5 Å². The third-order valence-corrected chi connectivity index (χ3v) is 7.14. The average molecular weight is 549 g/mol. The predicted molar refractivity (Wildman–Crippen MR) is 148 cm³/mol. The summed E-state index contributed by atoms with van der Waals surface area (Å²) in [7, 11) is 0. The maximum Gasteiger partial charge on any atom is 0.254 e. The molecule has 2 heterocycles. The monoisotopic (exact) mass is 548 g/mol. The van der Waals surface area contributed by atoms with E-state index in [1.807, 2.05) is 30.3 Å². The Bertz CT molecular complexity index is 1550. The summed E-state index contributed by atoms with van der Waals surface area (Å²) in [6.07, 6.45) is 2.06. The van der Waals surface area contributed by atoms with E-state index in [0.717, 1.165) is 22.4 Å². The van der Waals surface area contributed by atoms with Gasteiger partial charge in [0.2, 0.25) is 0 Å². The molecule has 2 aromatic heterocycles. The van der Waals surface area contributed by atoms with Gasteiger partial charge < -0.3 is 15.4 Å². The van der Waals surface area contributed by atoms with E-state index < -0.39 is 5.91 Å². The fraction of sp³-hybridized carbons (Fsp3) is 0.214. The van der Waals surface area contributed by atoms with Crippen molar-refractivity contribution in [3.8, 4) is 5.69 Å². The number of aromatic nitrogens is 5. The van der Waals surface area contributed by atoms with Crippen LogP contribution in [0.4, 0.5) is 0 Å². The second kappa shape index (κ2) is 10.9. The van der Waals surface area contributed by atoms with Crippen molar-refractivity contribution in [1.29, 1.82) is 0 Å². The van der Waals surface area contributed by atoms with Gasteiger partial charge in [-0.15, -0.1) is 5.10 Å². The number of nitrogens with one attached hydrogen (secondary N) is 2. The maximum absolute atomic E-state index is 13.3. The SMILES string of the molecule is Cc1cc2nc(C(CNC(=O)c3c(Cl)cc(-n4cc(CCO)nn4)cc3Cl)c3ccccc3)[nH]c2cc1C. The van der Waals surface area contributed by atoms with E-state index >= 15 is 0 Å². The molecule has 8 nitrogen and oxygen atoms in total. The van der Waals surface area contributed by atoms with Crippen molar-refractivity contribution >= 4 is 40.1 Å². The van der Waals surface area contributed by atoms with Gasteiger partial charge in [-0.05, 0) is 54.8 Å². The number of aryl methyl sites for hydroxylation is 2. The van der Waals surface area contributed by atoms with Gasteiger partial charge in [-0.2, -0.15) is 0 Å². The zero-order valence-electron chi connectivity index (χ0n) is 20.9. The molecule has 0 aliphatic rings. The lowest BCUT2D eigenvalue weighted by molar-refractivity contribution is 0.0952. The van der Waals surface area contributed by atoms with E-state index in [4.69, 9.17) is 33.3 Å². The van der Waals surface area contributed by atoms with Crippen LogP contribution in [0.3, 0.4) is 0 Å². The average Bonchev–Trinajstić information content (AvgIpc) is 3.52. The van der Waals surface area contributed by atoms with Crippen LogP contribution >= 0.6 is 23.2 Å². The minimum atomic E-state index is -0.394. The van der Waals surface area contributed by atoms with E-state index in [2.05, 4.69) is 46.6 Å². The van der Waals surface area contributed by atoms with Crippen molar-refractivity contribution in [2.45, 2.75) is 26.2 Å². The Labute approximate surface area is 229 Å². The first-order chi connectivity index (χ1) is 18.3. The standard InChI is InChI=1S/C28H26Cl2N6O2/c1-16-10-24-25(11-17(16)2)33-27(32-24)21(18-6-4-3-5-7-18)14-31-28(38)26-22(29)12-20(13-23(26)30)36-15-19(8-9-37)34-35-36/h3-7,10-13,15,21,37H,8-9,14H2,1-2H3,(H,31,38)(H,32,33). The fourth-order valence-electron chi connectivity index (χ4n) is 4.36. The maximum atomic E-state index is 13.3. The van der Waals surface area contributed by atoms with Crippen LogP contribution in [0, 0.1) is 13.8 Å². The summed E-state index contributed by atoms with van der Waals surface area (Å²) in [5.41, 5.74) is 6.56. The molecule has 38 heavy (non-hydrogen) atoms. The molecule has 3 N–H and O–H groups in total. The molecule has 1 amide bonds.